The highest BCUT2D eigenvalue weighted by Crippen LogP contribution is 2.30. The van der Waals surface area contributed by atoms with E-state index in [9.17, 15) is 19.7 Å². The first-order valence-electron chi connectivity index (χ1n) is 11.0. The van der Waals surface area contributed by atoms with Crippen molar-refractivity contribution in [2.75, 3.05) is 45.3 Å². The second-order valence-corrected chi connectivity index (χ2v) is 8.49. The molecule has 2 heterocycles. The number of nitro groups is 1. The molecule has 4 rings (SSSR count). The van der Waals surface area contributed by atoms with E-state index in [1.54, 1.807) is 60.3 Å². The number of hydrogen-bond acceptors (Lipinski definition) is 7. The number of amides is 1. The van der Waals surface area contributed by atoms with Gasteiger partial charge in [0.15, 0.2) is 12.1 Å². The Morgan fingerprint density at radius 3 is 2.45 bits per heavy atom. The van der Waals surface area contributed by atoms with Crippen molar-refractivity contribution in [2.45, 2.75) is 19.1 Å². The Morgan fingerprint density at radius 2 is 1.79 bits per heavy atom. The van der Waals surface area contributed by atoms with Crippen molar-refractivity contribution in [3.63, 3.8) is 0 Å². The summed E-state index contributed by atoms with van der Waals surface area (Å²) in [4.78, 5) is 41.1. The van der Waals surface area contributed by atoms with Gasteiger partial charge in [-0.2, -0.15) is 0 Å². The molecule has 0 aromatic heterocycles. The highest BCUT2D eigenvalue weighted by Gasteiger charge is 2.34. The van der Waals surface area contributed by atoms with Gasteiger partial charge in [0, 0.05) is 50.3 Å². The first kappa shape index (κ1) is 22.9. The topological polar surface area (TPSA) is 102 Å². The SMILES string of the molecule is CN(C)c1ccc(C(=O)c2ccccc2C(=O)N2CCCC(C3OCCO3)C2)cc1[N+](=O)[O-]. The predicted octanol–water partition coefficient (Wildman–Crippen LogP) is 3.12. The number of carbonyl (C=O) groups is 2. The molecule has 2 aromatic rings. The van der Waals surface area contributed by atoms with E-state index in [1.165, 1.54) is 6.07 Å². The van der Waals surface area contributed by atoms with Crippen molar-refractivity contribution in [1.29, 1.82) is 0 Å². The van der Waals surface area contributed by atoms with E-state index in [1.807, 2.05) is 0 Å². The van der Waals surface area contributed by atoms with Crippen LogP contribution in [-0.4, -0.2) is 68.2 Å². The van der Waals surface area contributed by atoms with Gasteiger partial charge in [0.05, 0.1) is 23.7 Å². The average Bonchev–Trinajstić information content (AvgIpc) is 3.38. The molecule has 2 aliphatic heterocycles. The Labute approximate surface area is 192 Å². The number of anilines is 1. The molecule has 9 nitrogen and oxygen atoms in total. The number of carbonyl (C=O) groups excluding carboxylic acids is 2. The molecule has 2 aromatic carbocycles. The van der Waals surface area contributed by atoms with Crippen LogP contribution in [0.1, 0.15) is 39.1 Å². The lowest BCUT2D eigenvalue weighted by atomic mass is 9.94. The molecule has 9 heteroatoms. The molecule has 174 valence electrons. The molecule has 1 atom stereocenters. The highest BCUT2D eigenvalue weighted by atomic mass is 16.7. The molecule has 33 heavy (non-hydrogen) atoms. The normalized spacial score (nSPS) is 18.8. The van der Waals surface area contributed by atoms with E-state index in [0.717, 1.165) is 12.8 Å². The summed E-state index contributed by atoms with van der Waals surface area (Å²) >= 11 is 0. The lowest BCUT2D eigenvalue weighted by Crippen LogP contribution is -2.44. The molecular weight excluding hydrogens is 426 g/mol. The van der Waals surface area contributed by atoms with Gasteiger partial charge in [-0.25, -0.2) is 0 Å². The third-order valence-electron chi connectivity index (χ3n) is 6.10. The maximum absolute atomic E-state index is 13.4. The summed E-state index contributed by atoms with van der Waals surface area (Å²) in [5, 5.41) is 11.5. The van der Waals surface area contributed by atoms with Gasteiger partial charge in [-0.1, -0.05) is 18.2 Å². The smallest absolute Gasteiger partial charge is 0.293 e. The summed E-state index contributed by atoms with van der Waals surface area (Å²) in [6, 6.07) is 11.0. The minimum atomic E-state index is -0.510. The maximum atomic E-state index is 13.4. The molecule has 0 aliphatic carbocycles. The van der Waals surface area contributed by atoms with E-state index in [2.05, 4.69) is 0 Å². The zero-order valence-electron chi connectivity index (χ0n) is 18.7. The Kier molecular flexibility index (Phi) is 6.71. The maximum Gasteiger partial charge on any atom is 0.293 e. The van der Waals surface area contributed by atoms with E-state index in [0.29, 0.717) is 32.0 Å². The van der Waals surface area contributed by atoms with Crippen molar-refractivity contribution in [3.8, 4) is 0 Å². The van der Waals surface area contributed by atoms with Crippen LogP contribution in [0.5, 0.6) is 0 Å². The first-order valence-corrected chi connectivity index (χ1v) is 11.0. The standard InChI is InChI=1S/C24H27N3O6/c1-25(2)20-10-9-16(14-21(20)27(30)31)22(28)18-7-3-4-8-19(18)23(29)26-11-5-6-17(15-26)24-32-12-13-33-24/h3-4,7-10,14,17,24H,5-6,11-13,15H2,1-2H3. The van der Waals surface area contributed by atoms with E-state index < -0.39 is 10.7 Å². The Morgan fingerprint density at radius 1 is 1.09 bits per heavy atom. The number of nitrogens with zero attached hydrogens (tertiary/aromatic N) is 3. The van der Waals surface area contributed by atoms with Gasteiger partial charge >= 0.3 is 0 Å². The van der Waals surface area contributed by atoms with Crippen molar-refractivity contribution < 1.29 is 24.0 Å². The van der Waals surface area contributed by atoms with Crippen LogP contribution in [0.3, 0.4) is 0 Å². The van der Waals surface area contributed by atoms with E-state index >= 15 is 0 Å². The largest absolute Gasteiger partial charge is 0.372 e. The van der Waals surface area contributed by atoms with Crippen LogP contribution in [0.2, 0.25) is 0 Å². The second kappa shape index (κ2) is 9.68. The molecule has 0 saturated carbocycles. The number of rotatable bonds is 6. The highest BCUT2D eigenvalue weighted by molar-refractivity contribution is 6.15. The van der Waals surface area contributed by atoms with Crippen LogP contribution in [0, 0.1) is 16.0 Å². The summed E-state index contributed by atoms with van der Waals surface area (Å²) in [6.45, 7) is 2.21. The quantitative estimate of drug-likeness (QED) is 0.376. The number of ether oxygens (including phenoxy) is 2. The van der Waals surface area contributed by atoms with Crippen molar-refractivity contribution >= 4 is 23.1 Å². The van der Waals surface area contributed by atoms with Gasteiger partial charge in [0.2, 0.25) is 0 Å². The third-order valence-corrected chi connectivity index (χ3v) is 6.10. The van der Waals surface area contributed by atoms with Crippen LogP contribution in [-0.2, 0) is 9.47 Å². The second-order valence-electron chi connectivity index (χ2n) is 8.49. The average molecular weight is 453 g/mol. The third kappa shape index (κ3) is 4.74. The van der Waals surface area contributed by atoms with Crippen LogP contribution in [0.15, 0.2) is 42.5 Å². The Balaban J connectivity index is 1.61. The van der Waals surface area contributed by atoms with Gasteiger partial charge in [0.1, 0.15) is 5.69 Å². The van der Waals surface area contributed by atoms with E-state index in [-0.39, 0.29) is 40.5 Å². The minimum absolute atomic E-state index is 0.0919. The van der Waals surface area contributed by atoms with Gasteiger partial charge < -0.3 is 19.3 Å². The zero-order valence-corrected chi connectivity index (χ0v) is 18.7. The number of benzene rings is 2. The molecule has 0 spiro atoms. The molecule has 2 aliphatic rings. The lowest BCUT2D eigenvalue weighted by Gasteiger charge is -2.35. The predicted molar refractivity (Wildman–Crippen MR) is 122 cm³/mol. The molecule has 0 radical (unpaired) electrons. The first-order chi connectivity index (χ1) is 15.9. The number of ketones is 1. The fraction of sp³-hybridized carbons (Fsp3) is 0.417. The van der Waals surface area contributed by atoms with Gasteiger partial charge in [-0.05, 0) is 31.0 Å². The number of piperidine rings is 1. The summed E-state index contributed by atoms with van der Waals surface area (Å²) in [5.74, 6) is -0.571. The Hall–Kier alpha value is -3.30. The van der Waals surface area contributed by atoms with Crippen LogP contribution in [0.25, 0.3) is 0 Å². The Bertz CT molecular complexity index is 1060. The number of nitro benzene ring substituents is 1. The van der Waals surface area contributed by atoms with Crippen LogP contribution < -0.4 is 4.90 Å². The molecule has 2 fully saturated rings. The van der Waals surface area contributed by atoms with Crippen molar-refractivity contribution in [3.05, 3.63) is 69.3 Å². The molecule has 0 bridgehead atoms. The number of likely N-dealkylation sites (tertiary alicyclic amines) is 1. The van der Waals surface area contributed by atoms with Gasteiger partial charge in [-0.15, -0.1) is 0 Å². The lowest BCUT2D eigenvalue weighted by molar-refractivity contribution is -0.384. The monoisotopic (exact) mass is 453 g/mol. The summed E-state index contributed by atoms with van der Waals surface area (Å²) in [7, 11) is 3.40. The fourth-order valence-electron chi connectivity index (χ4n) is 4.45. The minimum Gasteiger partial charge on any atom is -0.372 e. The van der Waals surface area contributed by atoms with Gasteiger partial charge in [-0.3, -0.25) is 19.7 Å². The summed E-state index contributed by atoms with van der Waals surface area (Å²) in [5.41, 5.74) is 0.916. The van der Waals surface area contributed by atoms with Crippen LogP contribution >= 0.6 is 0 Å². The molecule has 2 saturated heterocycles. The van der Waals surface area contributed by atoms with Crippen molar-refractivity contribution in [1.82, 2.24) is 4.90 Å². The summed E-state index contributed by atoms with van der Waals surface area (Å²) < 4.78 is 11.3. The van der Waals surface area contributed by atoms with Gasteiger partial charge in [0.25, 0.3) is 11.6 Å². The van der Waals surface area contributed by atoms with Crippen LogP contribution in [0.4, 0.5) is 11.4 Å². The van der Waals surface area contributed by atoms with Crippen molar-refractivity contribution in [2.24, 2.45) is 5.92 Å². The van der Waals surface area contributed by atoms with E-state index in [4.69, 9.17) is 9.47 Å². The fourth-order valence-corrected chi connectivity index (χ4v) is 4.45. The molecule has 1 unspecified atom stereocenters. The number of hydrogen-bond donors (Lipinski definition) is 0. The zero-order chi connectivity index (χ0) is 23.5. The molecule has 0 N–H and O–H groups in total. The molecular formula is C24H27N3O6. The summed E-state index contributed by atoms with van der Waals surface area (Å²) in [6.07, 6.45) is 1.44. The molecule has 1 amide bonds.